The van der Waals surface area contributed by atoms with E-state index >= 15 is 0 Å². The molecule has 0 fully saturated rings. The maximum absolute atomic E-state index is 12.9. The quantitative estimate of drug-likeness (QED) is 0.314. The minimum atomic E-state index is -0.286. The normalized spacial score (nSPS) is 11.9. The number of aryl methyl sites for hydroxylation is 1. The molecule has 0 aliphatic rings. The average Bonchev–Trinajstić information content (AvgIpc) is 3.30. The molecule has 1 atom stereocenters. The van der Waals surface area contributed by atoms with Crippen molar-refractivity contribution in [1.82, 2.24) is 14.7 Å². The van der Waals surface area contributed by atoms with Gasteiger partial charge in [0.25, 0.3) is 0 Å². The fourth-order valence-corrected chi connectivity index (χ4v) is 4.14. The van der Waals surface area contributed by atoms with Gasteiger partial charge in [0.05, 0.1) is 18.4 Å². The van der Waals surface area contributed by atoms with Gasteiger partial charge < -0.3 is 19.6 Å². The van der Waals surface area contributed by atoms with Crippen molar-refractivity contribution in [3.8, 4) is 17.0 Å². The number of carbonyl (C=O) groups excluding carboxylic acids is 1. The van der Waals surface area contributed by atoms with Crippen LogP contribution in [-0.4, -0.2) is 39.2 Å². The SMILES string of the molecule is [C-]#[N+]c1cc(C(=O)N[C@H](CCO)Cc2ccc(-c3cn4cccc(C)c4n3)cc2)ccc1OC(C)C. The monoisotopic (exact) mass is 482 g/mol. The molecule has 4 rings (SSSR count). The van der Waals surface area contributed by atoms with Crippen molar-refractivity contribution in [2.45, 2.75) is 45.8 Å². The summed E-state index contributed by atoms with van der Waals surface area (Å²) in [5, 5.41) is 12.6. The zero-order valence-corrected chi connectivity index (χ0v) is 20.7. The van der Waals surface area contributed by atoms with E-state index in [9.17, 15) is 9.90 Å². The summed E-state index contributed by atoms with van der Waals surface area (Å²) in [4.78, 5) is 21.2. The maximum atomic E-state index is 12.9. The summed E-state index contributed by atoms with van der Waals surface area (Å²) in [6.45, 7) is 13.2. The van der Waals surface area contributed by atoms with E-state index in [1.807, 2.05) is 74.0 Å². The van der Waals surface area contributed by atoms with E-state index in [2.05, 4.69) is 10.2 Å². The minimum Gasteiger partial charge on any atom is -0.502 e. The average molecular weight is 483 g/mol. The van der Waals surface area contributed by atoms with Gasteiger partial charge in [-0.2, -0.15) is 0 Å². The number of hydrogen-bond donors (Lipinski definition) is 2. The van der Waals surface area contributed by atoms with E-state index in [1.54, 1.807) is 18.2 Å². The number of aliphatic hydroxyl groups is 1. The van der Waals surface area contributed by atoms with Crippen LogP contribution >= 0.6 is 0 Å². The largest absolute Gasteiger partial charge is 0.502 e. The van der Waals surface area contributed by atoms with Crippen LogP contribution in [0.1, 0.15) is 41.8 Å². The van der Waals surface area contributed by atoms with Crippen molar-refractivity contribution in [2.24, 2.45) is 0 Å². The molecule has 2 aromatic carbocycles. The van der Waals surface area contributed by atoms with Gasteiger partial charge in [-0.1, -0.05) is 30.3 Å². The lowest BCUT2D eigenvalue weighted by molar-refractivity contribution is 0.0930. The number of nitrogens with one attached hydrogen (secondary N) is 1. The summed E-state index contributed by atoms with van der Waals surface area (Å²) >= 11 is 0. The van der Waals surface area contributed by atoms with Crippen molar-refractivity contribution < 1.29 is 14.6 Å². The first kappa shape index (κ1) is 25.0. The van der Waals surface area contributed by atoms with Gasteiger partial charge in [0.15, 0.2) is 0 Å². The van der Waals surface area contributed by atoms with Crippen LogP contribution in [0.5, 0.6) is 5.75 Å². The number of nitrogens with zero attached hydrogens (tertiary/aromatic N) is 3. The zero-order valence-electron chi connectivity index (χ0n) is 20.7. The molecule has 0 bridgehead atoms. The lowest BCUT2D eigenvalue weighted by Crippen LogP contribution is -2.37. The number of ether oxygens (including phenoxy) is 1. The summed E-state index contributed by atoms with van der Waals surface area (Å²) in [5.74, 6) is 0.176. The molecule has 2 aromatic heterocycles. The van der Waals surface area contributed by atoms with Gasteiger partial charge in [-0.05, 0) is 69.0 Å². The van der Waals surface area contributed by atoms with Crippen LogP contribution in [-0.2, 0) is 6.42 Å². The molecule has 2 heterocycles. The van der Waals surface area contributed by atoms with E-state index in [0.29, 0.717) is 29.8 Å². The molecule has 0 spiro atoms. The van der Waals surface area contributed by atoms with E-state index in [-0.39, 0.29) is 24.7 Å². The number of benzene rings is 2. The summed E-state index contributed by atoms with van der Waals surface area (Å²) in [6.07, 6.45) is 4.93. The number of imidazole rings is 1. The van der Waals surface area contributed by atoms with Crippen molar-refractivity contribution in [1.29, 1.82) is 0 Å². The highest BCUT2D eigenvalue weighted by Gasteiger charge is 2.17. The third kappa shape index (κ3) is 5.73. The third-order valence-electron chi connectivity index (χ3n) is 5.93. The summed E-state index contributed by atoms with van der Waals surface area (Å²) in [5.41, 5.74) is 5.70. The molecule has 184 valence electrons. The first-order valence-electron chi connectivity index (χ1n) is 12.0. The Morgan fingerprint density at radius 3 is 2.64 bits per heavy atom. The molecule has 7 heteroatoms. The lowest BCUT2D eigenvalue weighted by atomic mass is 10.0. The second-order valence-corrected chi connectivity index (χ2v) is 9.09. The predicted molar refractivity (Wildman–Crippen MR) is 140 cm³/mol. The van der Waals surface area contributed by atoms with Crippen LogP contribution < -0.4 is 10.1 Å². The van der Waals surface area contributed by atoms with Crippen LogP contribution in [0, 0.1) is 13.5 Å². The second-order valence-electron chi connectivity index (χ2n) is 9.09. The van der Waals surface area contributed by atoms with Crippen LogP contribution in [0.4, 0.5) is 5.69 Å². The number of rotatable bonds is 9. The van der Waals surface area contributed by atoms with Crippen LogP contribution in [0.3, 0.4) is 0 Å². The number of aromatic nitrogens is 2. The maximum Gasteiger partial charge on any atom is 0.250 e. The number of pyridine rings is 1. The van der Waals surface area contributed by atoms with Gasteiger partial charge in [-0.15, -0.1) is 0 Å². The fraction of sp³-hybridized carbons (Fsp3) is 0.276. The van der Waals surface area contributed by atoms with Crippen molar-refractivity contribution in [2.75, 3.05) is 6.61 Å². The number of amides is 1. The molecule has 0 aliphatic carbocycles. The zero-order chi connectivity index (χ0) is 25.7. The second kappa shape index (κ2) is 11.1. The molecule has 4 aromatic rings. The van der Waals surface area contributed by atoms with Gasteiger partial charge in [-0.3, -0.25) is 4.79 Å². The molecule has 36 heavy (non-hydrogen) atoms. The van der Waals surface area contributed by atoms with Gasteiger partial charge in [0, 0.05) is 36.2 Å². The first-order chi connectivity index (χ1) is 17.4. The fourth-order valence-electron chi connectivity index (χ4n) is 4.14. The Kier molecular flexibility index (Phi) is 7.67. The van der Waals surface area contributed by atoms with Gasteiger partial charge >= 0.3 is 0 Å². The van der Waals surface area contributed by atoms with Crippen LogP contribution in [0.25, 0.3) is 21.7 Å². The Morgan fingerprint density at radius 2 is 1.97 bits per heavy atom. The van der Waals surface area contributed by atoms with Gasteiger partial charge in [-0.25, -0.2) is 9.83 Å². The van der Waals surface area contributed by atoms with E-state index in [1.165, 1.54) is 0 Å². The molecule has 0 saturated carbocycles. The topological polar surface area (TPSA) is 80.2 Å². The first-order valence-corrected chi connectivity index (χ1v) is 12.0. The molecule has 1 amide bonds. The Labute approximate surface area is 211 Å². The number of fused-ring (bicyclic) bond motifs is 1. The predicted octanol–water partition coefficient (Wildman–Crippen LogP) is 5.37. The van der Waals surface area contributed by atoms with E-state index < -0.39 is 0 Å². The number of hydrogen-bond acceptors (Lipinski definition) is 4. The Hall–Kier alpha value is -4.15. The van der Waals surface area contributed by atoms with Crippen molar-refractivity contribution in [3.05, 3.63) is 95.1 Å². The summed E-state index contributed by atoms with van der Waals surface area (Å²) in [6, 6.07) is 16.8. The summed E-state index contributed by atoms with van der Waals surface area (Å²) < 4.78 is 7.67. The van der Waals surface area contributed by atoms with E-state index in [0.717, 1.165) is 28.0 Å². The number of carbonyl (C=O) groups is 1. The Morgan fingerprint density at radius 1 is 1.19 bits per heavy atom. The van der Waals surface area contributed by atoms with Crippen molar-refractivity contribution in [3.63, 3.8) is 0 Å². The smallest absolute Gasteiger partial charge is 0.250 e. The minimum absolute atomic E-state index is 0.0436. The molecule has 2 N–H and O–H groups in total. The van der Waals surface area contributed by atoms with Crippen LogP contribution in [0.15, 0.2) is 67.0 Å². The molecule has 0 aliphatic heterocycles. The standard InChI is InChI=1S/C29H30N4O3/c1-19(2)36-27-12-11-23(17-25(27)30-4)29(35)31-24(13-15-34)16-21-7-9-22(10-8-21)26-18-33-14-5-6-20(3)28(33)32-26/h5-12,14,17-19,24,34H,13,15-16H2,1-3H3,(H,31,35)/t24-/m1/s1. The van der Waals surface area contributed by atoms with E-state index in [4.69, 9.17) is 16.3 Å². The molecular formula is C29H30N4O3. The Bertz CT molecular complexity index is 1400. The summed E-state index contributed by atoms with van der Waals surface area (Å²) in [7, 11) is 0. The highest BCUT2D eigenvalue weighted by Crippen LogP contribution is 2.30. The van der Waals surface area contributed by atoms with Crippen molar-refractivity contribution >= 4 is 17.2 Å². The third-order valence-corrected chi connectivity index (χ3v) is 5.93. The molecule has 0 radical (unpaired) electrons. The molecule has 0 unspecified atom stereocenters. The molecular weight excluding hydrogens is 452 g/mol. The highest BCUT2D eigenvalue weighted by atomic mass is 16.5. The molecule has 0 saturated heterocycles. The number of aliphatic hydroxyl groups excluding tert-OH is 1. The molecule has 7 nitrogen and oxygen atoms in total. The van der Waals surface area contributed by atoms with Crippen LogP contribution in [0.2, 0.25) is 0 Å². The van der Waals surface area contributed by atoms with Gasteiger partial charge in [0.2, 0.25) is 11.6 Å². The lowest BCUT2D eigenvalue weighted by Gasteiger charge is -2.19. The highest BCUT2D eigenvalue weighted by molar-refractivity contribution is 5.96. The van der Waals surface area contributed by atoms with Gasteiger partial charge in [0.1, 0.15) is 11.4 Å². The Balaban J connectivity index is 1.46.